The number of pyridine rings is 1. The van der Waals surface area contributed by atoms with E-state index in [0.29, 0.717) is 5.92 Å². The molecule has 3 aromatic carbocycles. The smallest absolute Gasteiger partial charge is 0.228 e. The maximum absolute atomic E-state index is 6.85. The summed E-state index contributed by atoms with van der Waals surface area (Å²) in [5.41, 5.74) is 8.24. The Balaban J connectivity index is 1.60. The fraction of sp³-hybridized carbons (Fsp3) is 0.424. The number of ether oxygens (including phenoxy) is 1. The number of aryl methyl sites for hydroxylation is 3. The Morgan fingerprint density at radius 3 is 2.43 bits per heavy atom. The van der Waals surface area contributed by atoms with E-state index in [1.54, 1.807) is 0 Å². The number of fused-ring (bicyclic) bond motifs is 3. The molecular formula is C33H38NO+. The van der Waals surface area contributed by atoms with E-state index in [4.69, 9.17) is 4.74 Å². The first-order valence-electron chi connectivity index (χ1n) is 13.4. The molecule has 1 aliphatic carbocycles. The van der Waals surface area contributed by atoms with E-state index in [9.17, 15) is 0 Å². The molecule has 2 aliphatic rings. The topological polar surface area (TPSA) is 13.1 Å². The molecule has 0 atom stereocenters. The average Bonchev–Trinajstić information content (AvgIpc) is 2.83. The van der Waals surface area contributed by atoms with Gasteiger partial charge in [-0.25, -0.2) is 4.57 Å². The molecule has 0 bridgehead atoms. The molecular weight excluding hydrogens is 426 g/mol. The average molecular weight is 465 g/mol. The summed E-state index contributed by atoms with van der Waals surface area (Å²) in [5.74, 6) is 2.73. The summed E-state index contributed by atoms with van der Waals surface area (Å²) in [6.07, 6.45) is 9.98. The van der Waals surface area contributed by atoms with Crippen LogP contribution in [-0.2, 0) is 13.5 Å². The van der Waals surface area contributed by atoms with E-state index in [-0.39, 0.29) is 5.41 Å². The van der Waals surface area contributed by atoms with Crippen LogP contribution >= 0.6 is 0 Å². The van der Waals surface area contributed by atoms with Gasteiger partial charge < -0.3 is 4.74 Å². The minimum atomic E-state index is 0.265. The number of hydrogen-bond acceptors (Lipinski definition) is 1. The summed E-state index contributed by atoms with van der Waals surface area (Å²) in [7, 11) is 2.18. The van der Waals surface area contributed by atoms with Crippen LogP contribution in [0.1, 0.15) is 81.0 Å². The van der Waals surface area contributed by atoms with Crippen molar-refractivity contribution in [2.45, 2.75) is 79.1 Å². The summed E-state index contributed by atoms with van der Waals surface area (Å²) in [6, 6.07) is 14.1. The Labute approximate surface area is 209 Å². The molecule has 0 unspecified atom stereocenters. The third-order valence-electron chi connectivity index (χ3n) is 8.32. The molecule has 0 N–H and O–H groups in total. The second-order valence-electron chi connectivity index (χ2n) is 12.3. The standard InChI is InChI=1S/C33H38NO/c1-20-27-16-22(19-33(3,4)5)12-13-26(27)21(2)32-29(20)31-30-24(14-15-34(31)6)17-25(18-28(30)35-32)23-10-8-7-9-11-23/h12-18,23H,7-11,19H2,1-6H3/q+1. The predicted molar refractivity (Wildman–Crippen MR) is 147 cm³/mol. The van der Waals surface area contributed by atoms with Crippen LogP contribution in [0.15, 0.2) is 42.6 Å². The van der Waals surface area contributed by atoms with Gasteiger partial charge in [0, 0.05) is 11.6 Å². The lowest BCUT2D eigenvalue weighted by Crippen LogP contribution is -2.32. The minimum Gasteiger partial charge on any atom is -0.455 e. The molecule has 0 saturated heterocycles. The molecule has 1 fully saturated rings. The SMILES string of the molecule is Cc1c2c(c(C)c3cc(CC(C)(C)C)ccc13)-c1c3c(cc(C4CCCCC4)cc3cc[n+]1C)O2. The highest BCUT2D eigenvalue weighted by Crippen LogP contribution is 2.51. The van der Waals surface area contributed by atoms with Crippen molar-refractivity contribution in [3.8, 4) is 22.8 Å². The van der Waals surface area contributed by atoms with Crippen molar-refractivity contribution < 1.29 is 9.30 Å². The van der Waals surface area contributed by atoms with Crippen LogP contribution in [0.25, 0.3) is 32.8 Å². The maximum Gasteiger partial charge on any atom is 0.228 e. The highest BCUT2D eigenvalue weighted by Gasteiger charge is 2.33. The summed E-state index contributed by atoms with van der Waals surface area (Å²) in [6.45, 7) is 11.5. The normalized spacial score (nSPS) is 15.9. The van der Waals surface area contributed by atoms with E-state index < -0.39 is 0 Å². The van der Waals surface area contributed by atoms with Crippen LogP contribution in [0.3, 0.4) is 0 Å². The molecule has 0 radical (unpaired) electrons. The maximum atomic E-state index is 6.85. The molecule has 2 heteroatoms. The van der Waals surface area contributed by atoms with E-state index >= 15 is 0 Å². The number of aromatic nitrogens is 1. The fourth-order valence-corrected chi connectivity index (χ4v) is 6.63. The first-order chi connectivity index (χ1) is 16.7. The molecule has 35 heavy (non-hydrogen) atoms. The largest absolute Gasteiger partial charge is 0.455 e. The molecule has 1 aliphatic heterocycles. The van der Waals surface area contributed by atoms with Crippen molar-refractivity contribution in [2.75, 3.05) is 0 Å². The summed E-state index contributed by atoms with van der Waals surface area (Å²) in [4.78, 5) is 0. The van der Waals surface area contributed by atoms with Crippen molar-refractivity contribution in [1.29, 1.82) is 0 Å². The van der Waals surface area contributed by atoms with Crippen LogP contribution in [0.4, 0.5) is 0 Å². The first-order valence-corrected chi connectivity index (χ1v) is 13.4. The van der Waals surface area contributed by atoms with E-state index in [1.807, 2.05) is 0 Å². The second-order valence-corrected chi connectivity index (χ2v) is 12.3. The van der Waals surface area contributed by atoms with Gasteiger partial charge in [0.25, 0.3) is 0 Å². The Bertz CT molecular complexity index is 1480. The van der Waals surface area contributed by atoms with Crippen LogP contribution in [0.2, 0.25) is 0 Å². The van der Waals surface area contributed by atoms with E-state index in [2.05, 4.69) is 88.8 Å². The zero-order valence-corrected chi connectivity index (χ0v) is 22.2. The van der Waals surface area contributed by atoms with Gasteiger partial charge in [0.15, 0.2) is 6.20 Å². The lowest BCUT2D eigenvalue weighted by Gasteiger charge is -2.27. The molecule has 0 amide bonds. The molecule has 1 saturated carbocycles. The van der Waals surface area contributed by atoms with Crippen molar-refractivity contribution in [1.82, 2.24) is 0 Å². The lowest BCUT2D eigenvalue weighted by molar-refractivity contribution is -0.659. The van der Waals surface area contributed by atoms with Crippen LogP contribution < -0.4 is 9.30 Å². The number of nitrogens with zero attached hydrogens (tertiary/aromatic N) is 1. The lowest BCUT2D eigenvalue weighted by atomic mass is 9.82. The van der Waals surface area contributed by atoms with Crippen LogP contribution in [0.5, 0.6) is 11.5 Å². The van der Waals surface area contributed by atoms with Gasteiger partial charge in [-0.1, -0.05) is 64.3 Å². The van der Waals surface area contributed by atoms with E-state index in [1.165, 1.54) is 87.2 Å². The van der Waals surface area contributed by atoms with Gasteiger partial charge in [-0.2, -0.15) is 0 Å². The van der Waals surface area contributed by atoms with Gasteiger partial charge >= 0.3 is 0 Å². The number of rotatable bonds is 2. The highest BCUT2D eigenvalue weighted by molar-refractivity contribution is 6.06. The van der Waals surface area contributed by atoms with Gasteiger partial charge in [0.05, 0.1) is 10.9 Å². The highest BCUT2D eigenvalue weighted by atomic mass is 16.5. The predicted octanol–water partition coefficient (Wildman–Crippen LogP) is 8.84. The Hall–Kier alpha value is -2.87. The monoisotopic (exact) mass is 464 g/mol. The van der Waals surface area contributed by atoms with Crippen molar-refractivity contribution in [3.05, 3.63) is 64.8 Å². The van der Waals surface area contributed by atoms with Gasteiger partial charge in [-0.05, 0) is 83.4 Å². The van der Waals surface area contributed by atoms with Crippen molar-refractivity contribution in [2.24, 2.45) is 12.5 Å². The molecule has 2 heterocycles. The van der Waals surface area contributed by atoms with Crippen LogP contribution in [0, 0.1) is 19.3 Å². The van der Waals surface area contributed by atoms with Crippen LogP contribution in [-0.4, -0.2) is 0 Å². The summed E-state index contributed by atoms with van der Waals surface area (Å²) >= 11 is 0. The van der Waals surface area contributed by atoms with Gasteiger partial charge in [-0.15, -0.1) is 0 Å². The zero-order valence-electron chi connectivity index (χ0n) is 22.2. The number of benzene rings is 3. The fourth-order valence-electron chi connectivity index (χ4n) is 6.63. The third-order valence-corrected chi connectivity index (χ3v) is 8.32. The van der Waals surface area contributed by atoms with Crippen molar-refractivity contribution >= 4 is 21.5 Å². The zero-order chi connectivity index (χ0) is 24.5. The Morgan fingerprint density at radius 2 is 1.69 bits per heavy atom. The quantitative estimate of drug-likeness (QED) is 0.238. The first kappa shape index (κ1) is 22.6. The Kier molecular flexibility index (Phi) is 5.22. The minimum absolute atomic E-state index is 0.265. The molecule has 1 aromatic heterocycles. The van der Waals surface area contributed by atoms with E-state index in [0.717, 1.165) is 17.9 Å². The van der Waals surface area contributed by atoms with Crippen molar-refractivity contribution in [3.63, 3.8) is 0 Å². The Morgan fingerprint density at radius 1 is 0.914 bits per heavy atom. The molecule has 2 nitrogen and oxygen atoms in total. The number of hydrogen-bond donors (Lipinski definition) is 0. The summed E-state index contributed by atoms with van der Waals surface area (Å²) in [5, 5.41) is 5.22. The molecule has 6 rings (SSSR count). The van der Waals surface area contributed by atoms with Gasteiger partial charge in [0.2, 0.25) is 5.69 Å². The second kappa shape index (κ2) is 8.08. The third kappa shape index (κ3) is 3.73. The molecule has 4 aromatic rings. The molecule has 0 spiro atoms. The molecule has 180 valence electrons. The van der Waals surface area contributed by atoms with Gasteiger partial charge in [-0.3, -0.25) is 0 Å². The summed E-state index contributed by atoms with van der Waals surface area (Å²) < 4.78 is 9.15. The van der Waals surface area contributed by atoms with Gasteiger partial charge in [0.1, 0.15) is 18.5 Å².